The van der Waals surface area contributed by atoms with Crippen molar-refractivity contribution >= 4 is 22.7 Å². The van der Waals surface area contributed by atoms with E-state index in [-0.39, 0.29) is 6.04 Å². The fraction of sp³-hybridized carbons (Fsp3) is 0.250. The summed E-state index contributed by atoms with van der Waals surface area (Å²) in [4.78, 5) is 4.29. The van der Waals surface area contributed by atoms with Gasteiger partial charge in [0.15, 0.2) is 0 Å². The minimum atomic E-state index is 0.224. The highest BCUT2D eigenvalue weighted by atomic mass is 32.1. The lowest BCUT2D eigenvalue weighted by Gasteiger charge is -2.15. The summed E-state index contributed by atoms with van der Waals surface area (Å²) >= 11 is 1.66. The first-order valence-electron chi connectivity index (χ1n) is 5.19. The molecule has 0 radical (unpaired) electrons. The van der Waals surface area contributed by atoms with E-state index in [9.17, 15) is 0 Å². The van der Waals surface area contributed by atoms with Crippen molar-refractivity contribution in [3.8, 4) is 0 Å². The number of nitrogens with one attached hydrogen (secondary N) is 1. The second kappa shape index (κ2) is 4.53. The molecule has 3 N–H and O–H groups in total. The third-order valence-corrected chi connectivity index (χ3v) is 3.40. The van der Waals surface area contributed by atoms with Gasteiger partial charge >= 0.3 is 0 Å². The van der Waals surface area contributed by atoms with Crippen molar-refractivity contribution < 1.29 is 0 Å². The molecule has 16 heavy (non-hydrogen) atoms. The predicted octanol–water partition coefficient (Wildman–Crippen LogP) is 3.21. The Morgan fingerprint density at radius 2 is 2.25 bits per heavy atom. The third-order valence-electron chi connectivity index (χ3n) is 2.44. The molecule has 1 unspecified atom stereocenters. The molecular weight excluding hydrogens is 218 g/mol. The Bertz CT molecular complexity index is 465. The first-order chi connectivity index (χ1) is 7.66. The monoisotopic (exact) mass is 233 g/mol. The van der Waals surface area contributed by atoms with E-state index in [2.05, 4.69) is 17.2 Å². The smallest absolute Gasteiger partial charge is 0.115 e. The molecule has 4 heteroatoms. The zero-order chi connectivity index (χ0) is 11.5. The van der Waals surface area contributed by atoms with E-state index in [0.29, 0.717) is 0 Å². The molecule has 2 aromatic rings. The van der Waals surface area contributed by atoms with Crippen molar-refractivity contribution in [1.82, 2.24) is 4.98 Å². The summed E-state index contributed by atoms with van der Waals surface area (Å²) in [6, 6.07) is 6.11. The maximum Gasteiger partial charge on any atom is 0.115 e. The van der Waals surface area contributed by atoms with Crippen LogP contribution in [-0.2, 0) is 0 Å². The highest BCUT2D eigenvalue weighted by molar-refractivity contribution is 7.09. The van der Waals surface area contributed by atoms with Gasteiger partial charge in [0, 0.05) is 23.0 Å². The molecule has 3 nitrogen and oxygen atoms in total. The molecule has 0 saturated heterocycles. The van der Waals surface area contributed by atoms with Gasteiger partial charge in [-0.05, 0) is 37.6 Å². The van der Waals surface area contributed by atoms with Gasteiger partial charge in [0.05, 0.1) is 6.04 Å². The predicted molar refractivity (Wildman–Crippen MR) is 69.7 cm³/mol. The van der Waals surface area contributed by atoms with Gasteiger partial charge in [-0.3, -0.25) is 0 Å². The standard InChI is InChI=1S/C12H15N3S/c1-8-7-10(13)3-4-11(8)15-9(2)12-14-5-6-16-12/h3-7,9,15H,13H2,1-2H3. The summed E-state index contributed by atoms with van der Waals surface area (Å²) in [5.74, 6) is 0. The molecule has 0 amide bonds. The number of hydrogen-bond donors (Lipinski definition) is 2. The lowest BCUT2D eigenvalue weighted by Crippen LogP contribution is -2.07. The molecule has 1 aromatic carbocycles. The minimum Gasteiger partial charge on any atom is -0.399 e. The van der Waals surface area contributed by atoms with Crippen LogP contribution in [0.4, 0.5) is 11.4 Å². The van der Waals surface area contributed by atoms with E-state index in [1.54, 1.807) is 11.3 Å². The third kappa shape index (κ3) is 2.33. The zero-order valence-corrected chi connectivity index (χ0v) is 10.2. The van der Waals surface area contributed by atoms with Gasteiger partial charge in [-0.15, -0.1) is 11.3 Å². The molecule has 0 saturated carbocycles. The van der Waals surface area contributed by atoms with Crippen molar-refractivity contribution in [3.63, 3.8) is 0 Å². The average molecular weight is 233 g/mol. The molecular formula is C12H15N3S. The minimum absolute atomic E-state index is 0.224. The molecule has 1 atom stereocenters. The van der Waals surface area contributed by atoms with Crippen LogP contribution < -0.4 is 11.1 Å². The molecule has 0 aliphatic rings. The number of thiazole rings is 1. The van der Waals surface area contributed by atoms with Gasteiger partial charge in [-0.25, -0.2) is 4.98 Å². The number of nitrogen functional groups attached to an aromatic ring is 1. The van der Waals surface area contributed by atoms with Gasteiger partial charge in [-0.2, -0.15) is 0 Å². The molecule has 0 aliphatic carbocycles. The lowest BCUT2D eigenvalue weighted by molar-refractivity contribution is 0.868. The number of rotatable bonds is 3. The van der Waals surface area contributed by atoms with Crippen LogP contribution in [0.5, 0.6) is 0 Å². The highest BCUT2D eigenvalue weighted by Crippen LogP contribution is 2.24. The molecule has 1 aromatic heterocycles. The quantitative estimate of drug-likeness (QED) is 0.800. The van der Waals surface area contributed by atoms with Gasteiger partial charge in [0.1, 0.15) is 5.01 Å². The van der Waals surface area contributed by atoms with Crippen LogP contribution in [0.1, 0.15) is 23.5 Å². The number of nitrogens with two attached hydrogens (primary N) is 1. The van der Waals surface area contributed by atoms with Crippen LogP contribution in [0.15, 0.2) is 29.8 Å². The highest BCUT2D eigenvalue weighted by Gasteiger charge is 2.08. The number of nitrogens with zero attached hydrogens (tertiary/aromatic N) is 1. The van der Waals surface area contributed by atoms with Crippen molar-refractivity contribution in [3.05, 3.63) is 40.3 Å². The van der Waals surface area contributed by atoms with Crippen molar-refractivity contribution in [2.75, 3.05) is 11.1 Å². The number of aryl methyl sites for hydroxylation is 1. The van der Waals surface area contributed by atoms with E-state index in [1.165, 1.54) is 0 Å². The molecule has 1 heterocycles. The van der Waals surface area contributed by atoms with E-state index < -0.39 is 0 Å². The van der Waals surface area contributed by atoms with Crippen LogP contribution in [0.2, 0.25) is 0 Å². The second-order valence-corrected chi connectivity index (χ2v) is 4.74. The normalized spacial score (nSPS) is 12.4. The summed E-state index contributed by atoms with van der Waals surface area (Å²) in [6.45, 7) is 4.15. The Hall–Kier alpha value is -1.55. The van der Waals surface area contributed by atoms with Gasteiger partial charge in [0.2, 0.25) is 0 Å². The molecule has 84 valence electrons. The largest absolute Gasteiger partial charge is 0.399 e. The SMILES string of the molecule is Cc1cc(N)ccc1NC(C)c1nccs1. The molecule has 2 rings (SSSR count). The summed E-state index contributed by atoms with van der Waals surface area (Å²) in [5, 5.41) is 6.52. The fourth-order valence-electron chi connectivity index (χ4n) is 1.59. The van der Waals surface area contributed by atoms with Gasteiger partial charge in [0.25, 0.3) is 0 Å². The number of benzene rings is 1. The first kappa shape index (κ1) is 11.0. The maximum absolute atomic E-state index is 5.71. The van der Waals surface area contributed by atoms with Crippen molar-refractivity contribution in [1.29, 1.82) is 0 Å². The van der Waals surface area contributed by atoms with Crippen molar-refractivity contribution in [2.24, 2.45) is 0 Å². The second-order valence-electron chi connectivity index (χ2n) is 3.81. The molecule has 0 spiro atoms. The Labute approximate surface area is 99.3 Å². The fourth-order valence-corrected chi connectivity index (χ4v) is 2.24. The molecule has 0 bridgehead atoms. The van der Waals surface area contributed by atoms with E-state index in [0.717, 1.165) is 21.9 Å². The topological polar surface area (TPSA) is 50.9 Å². The molecule has 0 aliphatic heterocycles. The molecule has 0 fully saturated rings. The van der Waals surface area contributed by atoms with Crippen LogP contribution in [0.25, 0.3) is 0 Å². The van der Waals surface area contributed by atoms with Crippen LogP contribution in [0.3, 0.4) is 0 Å². The maximum atomic E-state index is 5.71. The summed E-state index contributed by atoms with van der Waals surface area (Å²) in [6.07, 6.45) is 1.83. The Morgan fingerprint density at radius 1 is 1.44 bits per heavy atom. The number of aromatic nitrogens is 1. The van der Waals surface area contributed by atoms with Crippen LogP contribution >= 0.6 is 11.3 Å². The van der Waals surface area contributed by atoms with Crippen molar-refractivity contribution in [2.45, 2.75) is 19.9 Å². The Morgan fingerprint density at radius 3 is 2.88 bits per heavy atom. The Balaban J connectivity index is 2.15. The van der Waals surface area contributed by atoms with Crippen LogP contribution in [0, 0.1) is 6.92 Å². The van der Waals surface area contributed by atoms with E-state index in [1.807, 2.05) is 36.7 Å². The Kier molecular flexibility index (Phi) is 3.10. The van der Waals surface area contributed by atoms with E-state index >= 15 is 0 Å². The summed E-state index contributed by atoms with van der Waals surface area (Å²) in [5.41, 5.74) is 8.78. The first-order valence-corrected chi connectivity index (χ1v) is 6.07. The summed E-state index contributed by atoms with van der Waals surface area (Å²) in [7, 11) is 0. The van der Waals surface area contributed by atoms with Crippen LogP contribution in [-0.4, -0.2) is 4.98 Å². The van der Waals surface area contributed by atoms with Gasteiger partial charge < -0.3 is 11.1 Å². The lowest BCUT2D eigenvalue weighted by atomic mass is 10.1. The number of anilines is 2. The zero-order valence-electron chi connectivity index (χ0n) is 9.40. The van der Waals surface area contributed by atoms with Gasteiger partial charge in [-0.1, -0.05) is 0 Å². The summed E-state index contributed by atoms with van der Waals surface area (Å²) < 4.78 is 0. The average Bonchev–Trinajstić information content (AvgIpc) is 2.75. The van der Waals surface area contributed by atoms with E-state index in [4.69, 9.17) is 5.73 Å². The number of hydrogen-bond acceptors (Lipinski definition) is 4.